The first-order chi connectivity index (χ1) is 9.67. The lowest BCUT2D eigenvalue weighted by Crippen LogP contribution is -2.35. The average Bonchev–Trinajstić information content (AvgIpc) is 3.05. The fourth-order valence-corrected chi connectivity index (χ4v) is 2.55. The van der Waals surface area contributed by atoms with Crippen molar-refractivity contribution in [2.75, 3.05) is 23.4 Å². The number of fused-ring (bicyclic) bond motifs is 1. The lowest BCUT2D eigenvalue weighted by atomic mass is 10.3. The van der Waals surface area contributed by atoms with Crippen LogP contribution in [0.25, 0.3) is 5.65 Å². The number of hydrazine groups is 1. The van der Waals surface area contributed by atoms with Crippen LogP contribution in [0.3, 0.4) is 0 Å². The smallest absolute Gasteiger partial charge is 0.217 e. The Bertz CT molecular complexity index is 638. The molecule has 4 N–H and O–H groups in total. The number of carbonyl (C=O) groups excluding carboxylic acids is 1. The predicted octanol–water partition coefficient (Wildman–Crippen LogP) is -0.270. The van der Waals surface area contributed by atoms with Crippen LogP contribution in [0.1, 0.15) is 13.3 Å². The average molecular weight is 275 g/mol. The summed E-state index contributed by atoms with van der Waals surface area (Å²) in [4.78, 5) is 22.0. The van der Waals surface area contributed by atoms with E-state index in [0.717, 1.165) is 31.0 Å². The maximum Gasteiger partial charge on any atom is 0.217 e. The second-order valence-electron chi connectivity index (χ2n) is 4.88. The zero-order valence-electron chi connectivity index (χ0n) is 11.2. The Hall–Kier alpha value is -2.35. The molecule has 1 amide bonds. The predicted molar refractivity (Wildman–Crippen MR) is 75.2 cm³/mol. The van der Waals surface area contributed by atoms with E-state index in [0.29, 0.717) is 5.82 Å². The summed E-state index contributed by atoms with van der Waals surface area (Å²) >= 11 is 0. The monoisotopic (exact) mass is 275 g/mol. The van der Waals surface area contributed by atoms with E-state index in [9.17, 15) is 4.79 Å². The Morgan fingerprint density at radius 2 is 2.40 bits per heavy atom. The maximum atomic E-state index is 11.1. The molecule has 0 radical (unpaired) electrons. The summed E-state index contributed by atoms with van der Waals surface area (Å²) in [6.45, 7) is 3.09. The number of amides is 1. The molecule has 8 heteroatoms. The highest BCUT2D eigenvalue weighted by Gasteiger charge is 2.26. The van der Waals surface area contributed by atoms with E-state index < -0.39 is 0 Å². The molecule has 20 heavy (non-hydrogen) atoms. The van der Waals surface area contributed by atoms with Gasteiger partial charge in [-0.05, 0) is 6.42 Å². The molecule has 1 unspecified atom stereocenters. The van der Waals surface area contributed by atoms with Crippen molar-refractivity contribution in [1.29, 1.82) is 0 Å². The first-order valence-corrected chi connectivity index (χ1v) is 6.50. The third-order valence-corrected chi connectivity index (χ3v) is 3.40. The van der Waals surface area contributed by atoms with Gasteiger partial charge in [-0.2, -0.15) is 0 Å². The topological polar surface area (TPSA) is 101 Å². The van der Waals surface area contributed by atoms with Gasteiger partial charge in [0.15, 0.2) is 17.3 Å². The Morgan fingerprint density at radius 3 is 3.15 bits per heavy atom. The first kappa shape index (κ1) is 12.7. The summed E-state index contributed by atoms with van der Waals surface area (Å²) < 4.78 is 1.88. The third-order valence-electron chi connectivity index (χ3n) is 3.40. The third kappa shape index (κ3) is 2.25. The van der Waals surface area contributed by atoms with Gasteiger partial charge in [0.1, 0.15) is 0 Å². The van der Waals surface area contributed by atoms with Crippen molar-refractivity contribution in [3.05, 3.63) is 18.6 Å². The summed E-state index contributed by atoms with van der Waals surface area (Å²) in [5.74, 6) is 6.80. The van der Waals surface area contributed by atoms with Gasteiger partial charge in [-0.15, -0.1) is 0 Å². The van der Waals surface area contributed by atoms with Crippen molar-refractivity contribution >= 4 is 23.2 Å². The normalized spacial score (nSPS) is 18.5. The molecule has 0 saturated carbocycles. The van der Waals surface area contributed by atoms with E-state index >= 15 is 0 Å². The van der Waals surface area contributed by atoms with Gasteiger partial charge in [-0.25, -0.2) is 15.8 Å². The van der Waals surface area contributed by atoms with Gasteiger partial charge in [0.05, 0.1) is 6.20 Å². The van der Waals surface area contributed by atoms with Crippen molar-refractivity contribution in [3.63, 3.8) is 0 Å². The highest BCUT2D eigenvalue weighted by atomic mass is 16.1. The summed E-state index contributed by atoms with van der Waals surface area (Å²) in [6, 6.07) is 0.152. The van der Waals surface area contributed by atoms with E-state index in [1.807, 2.05) is 10.6 Å². The number of anilines is 2. The van der Waals surface area contributed by atoms with Crippen molar-refractivity contribution in [3.8, 4) is 0 Å². The number of nitrogens with two attached hydrogens (primary N) is 1. The highest BCUT2D eigenvalue weighted by Crippen LogP contribution is 2.24. The minimum atomic E-state index is -0.00635. The van der Waals surface area contributed by atoms with Gasteiger partial charge in [0.2, 0.25) is 5.91 Å². The molecule has 106 valence electrons. The Kier molecular flexibility index (Phi) is 3.15. The molecule has 1 atom stereocenters. The number of imidazole rings is 1. The van der Waals surface area contributed by atoms with Gasteiger partial charge in [-0.1, -0.05) is 0 Å². The molecule has 3 heterocycles. The molecular weight excluding hydrogens is 258 g/mol. The second-order valence-corrected chi connectivity index (χ2v) is 4.88. The number of rotatable bonds is 3. The van der Waals surface area contributed by atoms with Crippen molar-refractivity contribution in [2.24, 2.45) is 5.84 Å². The summed E-state index contributed by atoms with van der Waals surface area (Å²) in [5, 5.41) is 2.94. The fraction of sp³-hybridized carbons (Fsp3) is 0.417. The molecule has 0 spiro atoms. The van der Waals surface area contributed by atoms with E-state index in [2.05, 4.69) is 25.6 Å². The van der Waals surface area contributed by atoms with Crippen LogP contribution < -0.4 is 21.5 Å². The van der Waals surface area contributed by atoms with Crippen molar-refractivity contribution in [1.82, 2.24) is 19.7 Å². The molecule has 0 aromatic carbocycles. The van der Waals surface area contributed by atoms with E-state index in [4.69, 9.17) is 5.84 Å². The van der Waals surface area contributed by atoms with Crippen LogP contribution in [0.5, 0.6) is 0 Å². The second kappa shape index (κ2) is 4.97. The number of nitrogen functional groups attached to an aromatic ring is 1. The van der Waals surface area contributed by atoms with E-state index in [-0.39, 0.29) is 11.9 Å². The number of hydrogen-bond acceptors (Lipinski definition) is 6. The van der Waals surface area contributed by atoms with Crippen LogP contribution in [0, 0.1) is 0 Å². The zero-order valence-corrected chi connectivity index (χ0v) is 11.2. The molecule has 0 aliphatic carbocycles. The van der Waals surface area contributed by atoms with Crippen molar-refractivity contribution < 1.29 is 4.79 Å². The van der Waals surface area contributed by atoms with Crippen LogP contribution in [0.2, 0.25) is 0 Å². The number of carbonyl (C=O) groups is 1. The minimum Gasteiger partial charge on any atom is -0.352 e. The van der Waals surface area contributed by atoms with Crippen LogP contribution >= 0.6 is 0 Å². The molecule has 1 fully saturated rings. The van der Waals surface area contributed by atoms with Crippen LogP contribution in [0.4, 0.5) is 11.6 Å². The molecule has 2 aromatic rings. The van der Waals surface area contributed by atoms with E-state index in [1.54, 1.807) is 12.4 Å². The SMILES string of the molecule is CC(=O)NC1CCN(c2nc(NN)cn3ccnc23)C1. The van der Waals surface area contributed by atoms with Crippen LogP contribution in [0.15, 0.2) is 18.6 Å². The van der Waals surface area contributed by atoms with Gasteiger partial charge < -0.3 is 20.0 Å². The largest absolute Gasteiger partial charge is 0.352 e. The van der Waals surface area contributed by atoms with Gasteiger partial charge in [0, 0.05) is 38.4 Å². The van der Waals surface area contributed by atoms with Gasteiger partial charge in [0.25, 0.3) is 0 Å². The molecule has 1 aliphatic heterocycles. The lowest BCUT2D eigenvalue weighted by Gasteiger charge is -2.19. The van der Waals surface area contributed by atoms with Crippen LogP contribution in [-0.4, -0.2) is 39.4 Å². The molecule has 1 saturated heterocycles. The number of aromatic nitrogens is 3. The molecular formula is C12H17N7O. The molecule has 8 nitrogen and oxygen atoms in total. The van der Waals surface area contributed by atoms with Gasteiger partial charge in [-0.3, -0.25) is 4.79 Å². The molecule has 3 rings (SSSR count). The first-order valence-electron chi connectivity index (χ1n) is 6.50. The standard InChI is InChI=1S/C12H17N7O/c1-8(20)15-9-2-4-18(6-9)12-11-14-3-5-19(11)7-10(16-12)17-13/h3,5,7,9,17H,2,4,6,13H2,1H3,(H,15,20). The number of nitrogens with one attached hydrogen (secondary N) is 2. The zero-order chi connectivity index (χ0) is 14.1. The Labute approximate surface area is 116 Å². The maximum absolute atomic E-state index is 11.1. The lowest BCUT2D eigenvalue weighted by molar-refractivity contribution is -0.119. The molecule has 1 aliphatic rings. The molecule has 0 bridgehead atoms. The van der Waals surface area contributed by atoms with Crippen LogP contribution in [-0.2, 0) is 4.79 Å². The summed E-state index contributed by atoms with van der Waals surface area (Å²) in [6.07, 6.45) is 6.26. The van der Waals surface area contributed by atoms with Crippen molar-refractivity contribution in [2.45, 2.75) is 19.4 Å². The number of nitrogens with zero attached hydrogens (tertiary/aromatic N) is 4. The molecule has 2 aromatic heterocycles. The summed E-state index contributed by atoms with van der Waals surface area (Å²) in [5.41, 5.74) is 3.34. The van der Waals surface area contributed by atoms with Gasteiger partial charge >= 0.3 is 0 Å². The minimum absolute atomic E-state index is 0.00635. The highest BCUT2D eigenvalue weighted by molar-refractivity contribution is 5.73. The Balaban J connectivity index is 1.90. The van der Waals surface area contributed by atoms with E-state index in [1.165, 1.54) is 6.92 Å². The quantitative estimate of drug-likeness (QED) is 0.526. The Morgan fingerprint density at radius 1 is 1.55 bits per heavy atom. The number of hydrogen-bond donors (Lipinski definition) is 3. The fourth-order valence-electron chi connectivity index (χ4n) is 2.55. The summed E-state index contributed by atoms with van der Waals surface area (Å²) in [7, 11) is 0.